The van der Waals surface area contributed by atoms with Gasteiger partial charge >= 0.3 is 6.15 Å². The Morgan fingerprint density at radius 1 is 1.46 bits per heavy atom. The van der Waals surface area contributed by atoms with Gasteiger partial charge in [0, 0.05) is 24.5 Å². The fourth-order valence-corrected chi connectivity index (χ4v) is 3.32. The number of nitrogens with one attached hydrogen (secondary N) is 1. The van der Waals surface area contributed by atoms with Gasteiger partial charge in [-0.25, -0.2) is 4.98 Å². The molecule has 1 saturated carbocycles. The van der Waals surface area contributed by atoms with Crippen LogP contribution in [0.3, 0.4) is 0 Å². The van der Waals surface area contributed by atoms with Gasteiger partial charge in [0.1, 0.15) is 5.69 Å². The van der Waals surface area contributed by atoms with Crippen LogP contribution in [0, 0.1) is 5.41 Å². The Kier molecular flexibility index (Phi) is 5.85. The van der Waals surface area contributed by atoms with Gasteiger partial charge in [-0.3, -0.25) is 9.59 Å². The van der Waals surface area contributed by atoms with Gasteiger partial charge in [-0.2, -0.15) is 9.59 Å². The van der Waals surface area contributed by atoms with Crippen molar-refractivity contribution in [1.82, 2.24) is 15.2 Å². The summed E-state index contributed by atoms with van der Waals surface area (Å²) >= 11 is 1.25. The molecular weight excluding hydrogens is 330 g/mol. The zero-order valence-electron chi connectivity index (χ0n) is 13.8. The third kappa shape index (κ3) is 4.49. The van der Waals surface area contributed by atoms with E-state index >= 15 is 0 Å². The molecule has 0 spiro atoms. The molecule has 1 aromatic heterocycles. The number of carbonyl (C=O) groups excluding carboxylic acids is 4. The van der Waals surface area contributed by atoms with Crippen molar-refractivity contribution >= 4 is 29.3 Å². The van der Waals surface area contributed by atoms with Crippen LogP contribution >= 0.6 is 11.3 Å². The predicted molar refractivity (Wildman–Crippen MR) is 86.5 cm³/mol. The monoisotopic (exact) mass is 351 g/mol. The van der Waals surface area contributed by atoms with Crippen LogP contribution in [0.25, 0.3) is 0 Å². The smallest absolute Gasteiger partial charge is 0.349 e. The Labute approximate surface area is 144 Å². The number of nitrogens with zero attached hydrogens (tertiary/aromatic N) is 2. The average molecular weight is 351 g/mol. The van der Waals surface area contributed by atoms with Crippen LogP contribution < -0.4 is 5.32 Å². The number of likely N-dealkylation sites (tertiary alicyclic amines) is 1. The van der Waals surface area contributed by atoms with Gasteiger partial charge in [-0.15, -0.1) is 11.3 Å². The molecule has 1 N–H and O–H groups in total. The zero-order chi connectivity index (χ0) is 17.7. The third-order valence-electron chi connectivity index (χ3n) is 4.51. The molecule has 2 amide bonds. The molecule has 8 heteroatoms. The molecule has 1 aliphatic heterocycles. The van der Waals surface area contributed by atoms with Crippen molar-refractivity contribution < 1.29 is 19.2 Å². The largest absolute Gasteiger partial charge is 0.373 e. The molecule has 2 aliphatic rings. The summed E-state index contributed by atoms with van der Waals surface area (Å²) in [6, 6.07) is 0.270. The summed E-state index contributed by atoms with van der Waals surface area (Å²) in [4.78, 5) is 46.7. The number of hydrogen-bond donors (Lipinski definition) is 1. The van der Waals surface area contributed by atoms with Crippen molar-refractivity contribution in [3.63, 3.8) is 0 Å². The van der Waals surface area contributed by atoms with E-state index in [-0.39, 0.29) is 29.4 Å². The highest BCUT2D eigenvalue weighted by atomic mass is 32.1. The van der Waals surface area contributed by atoms with Crippen molar-refractivity contribution in [3.8, 4) is 0 Å². The van der Waals surface area contributed by atoms with E-state index in [1.807, 2.05) is 4.90 Å². The minimum atomic E-state index is -0.165. The van der Waals surface area contributed by atoms with E-state index < -0.39 is 0 Å². The Hall–Kier alpha value is -2.05. The maximum atomic E-state index is 12.4. The van der Waals surface area contributed by atoms with Crippen LogP contribution in [-0.2, 0) is 9.59 Å². The minimum Gasteiger partial charge on any atom is -0.349 e. The summed E-state index contributed by atoms with van der Waals surface area (Å²) in [5, 5.41) is 5.00. The van der Waals surface area contributed by atoms with Crippen LogP contribution in [-0.4, -0.2) is 47.0 Å². The second kappa shape index (κ2) is 7.68. The topological polar surface area (TPSA) is 96.4 Å². The number of amides is 2. The van der Waals surface area contributed by atoms with E-state index in [1.54, 1.807) is 5.38 Å². The number of carbonyl (C=O) groups is 2. The van der Waals surface area contributed by atoms with E-state index in [9.17, 15) is 9.59 Å². The highest BCUT2D eigenvalue weighted by molar-refractivity contribution is 7.11. The number of aromatic nitrogens is 1. The number of rotatable bonds is 4. The van der Waals surface area contributed by atoms with Gasteiger partial charge in [0.05, 0.1) is 0 Å². The van der Waals surface area contributed by atoms with E-state index in [4.69, 9.17) is 9.59 Å². The van der Waals surface area contributed by atoms with E-state index in [0.717, 1.165) is 19.4 Å². The predicted octanol–water partition coefficient (Wildman–Crippen LogP) is 1.71. The van der Waals surface area contributed by atoms with Crippen LogP contribution in [0.2, 0.25) is 0 Å². The summed E-state index contributed by atoms with van der Waals surface area (Å²) in [6.45, 7) is 5.70. The molecule has 7 nitrogen and oxygen atoms in total. The minimum absolute atomic E-state index is 0.0514. The second-order valence-corrected chi connectivity index (χ2v) is 7.46. The number of thiazole rings is 1. The highest BCUT2D eigenvalue weighted by Gasteiger charge is 2.37. The number of hydrogen-bond acceptors (Lipinski definition) is 6. The summed E-state index contributed by atoms with van der Waals surface area (Å²) in [6.07, 6.45) is 4.67. The van der Waals surface area contributed by atoms with Crippen molar-refractivity contribution in [2.45, 2.75) is 45.6 Å². The van der Waals surface area contributed by atoms with Gasteiger partial charge < -0.3 is 10.2 Å². The fourth-order valence-electron chi connectivity index (χ4n) is 2.62. The Morgan fingerprint density at radius 2 is 2.12 bits per heavy atom. The maximum absolute atomic E-state index is 12.4. The highest BCUT2D eigenvalue weighted by Crippen LogP contribution is 2.44. The maximum Gasteiger partial charge on any atom is 0.373 e. The summed E-state index contributed by atoms with van der Waals surface area (Å²) < 4.78 is 0. The molecule has 1 saturated heterocycles. The summed E-state index contributed by atoms with van der Waals surface area (Å²) in [7, 11) is 0. The lowest BCUT2D eigenvalue weighted by Gasteiger charge is -2.19. The standard InChI is InChI=1S/C15H21N3O2S.CO2/c1-10-4-3-7-18(10)14(20)11-8-21-13(17-11)12(19)16-9-15(2)5-6-15;2-1-3/h8,10H,3-7,9H2,1-2H3,(H,16,19);/t10-;/m0./s1. The first-order valence-electron chi connectivity index (χ1n) is 7.94. The SMILES string of the molecule is C[C@H]1CCCN1C(=O)c1csc(C(=O)NCC2(C)CC2)n1.O=C=O. The fraction of sp³-hybridized carbons (Fsp3) is 0.625. The summed E-state index contributed by atoms with van der Waals surface area (Å²) in [5.41, 5.74) is 0.674. The molecular formula is C16H21N3O4S. The molecule has 24 heavy (non-hydrogen) atoms. The van der Waals surface area contributed by atoms with Crippen molar-refractivity contribution in [1.29, 1.82) is 0 Å². The Morgan fingerprint density at radius 3 is 2.67 bits per heavy atom. The average Bonchev–Trinajstić information content (AvgIpc) is 2.95. The first kappa shape index (κ1) is 18.3. The van der Waals surface area contributed by atoms with Gasteiger partial charge in [-0.05, 0) is 38.0 Å². The molecule has 0 bridgehead atoms. The van der Waals surface area contributed by atoms with Crippen molar-refractivity contribution in [2.75, 3.05) is 13.1 Å². The van der Waals surface area contributed by atoms with E-state index in [0.29, 0.717) is 17.2 Å². The molecule has 3 rings (SSSR count). The lowest BCUT2D eigenvalue weighted by atomic mass is 10.1. The molecule has 1 atom stereocenters. The summed E-state index contributed by atoms with van der Waals surface area (Å²) in [5.74, 6) is -0.217. The molecule has 2 fully saturated rings. The first-order chi connectivity index (χ1) is 11.4. The Bertz CT molecular complexity index is 648. The van der Waals surface area contributed by atoms with Gasteiger partial charge in [0.2, 0.25) is 0 Å². The Balaban J connectivity index is 0.000000647. The van der Waals surface area contributed by atoms with Crippen molar-refractivity contribution in [2.24, 2.45) is 5.41 Å². The molecule has 0 aromatic carbocycles. The van der Waals surface area contributed by atoms with Crippen molar-refractivity contribution in [3.05, 3.63) is 16.1 Å². The van der Waals surface area contributed by atoms with Crippen LogP contribution in [0.1, 0.15) is 59.8 Å². The van der Waals surface area contributed by atoms with E-state index in [1.165, 1.54) is 24.2 Å². The normalized spacial score (nSPS) is 20.6. The lowest BCUT2D eigenvalue weighted by molar-refractivity contribution is -0.191. The van der Waals surface area contributed by atoms with Crippen LogP contribution in [0.15, 0.2) is 5.38 Å². The van der Waals surface area contributed by atoms with E-state index in [2.05, 4.69) is 24.1 Å². The van der Waals surface area contributed by atoms with Crippen LogP contribution in [0.4, 0.5) is 0 Å². The quantitative estimate of drug-likeness (QED) is 0.891. The molecule has 0 unspecified atom stereocenters. The lowest BCUT2D eigenvalue weighted by Crippen LogP contribution is -2.34. The molecule has 0 radical (unpaired) electrons. The molecule has 1 aliphatic carbocycles. The molecule has 1 aromatic rings. The van der Waals surface area contributed by atoms with Gasteiger partial charge in [0.25, 0.3) is 11.8 Å². The first-order valence-corrected chi connectivity index (χ1v) is 8.82. The second-order valence-electron chi connectivity index (χ2n) is 6.60. The van der Waals surface area contributed by atoms with Gasteiger partial charge in [-0.1, -0.05) is 6.92 Å². The third-order valence-corrected chi connectivity index (χ3v) is 5.35. The zero-order valence-corrected chi connectivity index (χ0v) is 14.6. The molecule has 130 valence electrons. The molecule has 2 heterocycles. The van der Waals surface area contributed by atoms with Crippen LogP contribution in [0.5, 0.6) is 0 Å². The van der Waals surface area contributed by atoms with Gasteiger partial charge in [0.15, 0.2) is 5.01 Å².